The third-order valence-corrected chi connectivity index (χ3v) is 13.6. The van der Waals surface area contributed by atoms with Crippen LogP contribution in [0.2, 0.25) is 0 Å². The fraction of sp³-hybridized carbons (Fsp3) is 0. The average Bonchev–Trinajstić information content (AvgIpc) is 3.91. The summed E-state index contributed by atoms with van der Waals surface area (Å²) in [5.74, 6) is 0. The van der Waals surface area contributed by atoms with Crippen LogP contribution in [0.25, 0.3) is 71.7 Å². The average molecular weight is 791 g/mol. The number of furan rings is 1. The van der Waals surface area contributed by atoms with Crippen LogP contribution in [0.3, 0.4) is 0 Å². The Balaban J connectivity index is 1.04. The Morgan fingerprint density at radius 2 is 1.09 bits per heavy atom. The Kier molecular flexibility index (Phi) is 6.98. The van der Waals surface area contributed by atoms with E-state index >= 15 is 0 Å². The number of hydrogen-bond donors (Lipinski definition) is 0. The van der Waals surface area contributed by atoms with Crippen molar-refractivity contribution in [2.45, 2.75) is 0 Å². The van der Waals surface area contributed by atoms with Crippen molar-refractivity contribution in [2.24, 2.45) is 0 Å². The van der Waals surface area contributed by atoms with Gasteiger partial charge in [-0.25, -0.2) is 0 Å². The zero-order valence-electron chi connectivity index (χ0n) is 28.6. The number of fused-ring (bicyclic) bond motifs is 7. The van der Waals surface area contributed by atoms with Gasteiger partial charge >= 0.3 is 0 Å². The predicted octanol–water partition coefficient (Wildman–Crippen LogP) is 13.5. The Hall–Kier alpha value is -6.24. The maximum absolute atomic E-state index is 6.84. The molecule has 10 aromatic rings. The first-order chi connectivity index (χ1) is 26.3. The molecule has 0 fully saturated rings. The summed E-state index contributed by atoms with van der Waals surface area (Å²) >= 11 is -0.336. The van der Waals surface area contributed by atoms with Gasteiger partial charge in [0, 0.05) is 36.4 Å². The Morgan fingerprint density at radius 1 is 0.434 bits per heavy atom. The number of anilines is 2. The van der Waals surface area contributed by atoms with E-state index in [4.69, 9.17) is 4.42 Å². The fourth-order valence-corrected chi connectivity index (χ4v) is 11.1. The molecule has 4 heteroatoms. The van der Waals surface area contributed by atoms with Crippen LogP contribution in [-0.4, -0.2) is 8.20 Å². The molecule has 11 rings (SSSR count). The molecule has 250 valence electrons. The molecule has 0 amide bonds. The van der Waals surface area contributed by atoms with Gasteiger partial charge in [-0.15, -0.1) is 0 Å². The minimum absolute atomic E-state index is 0.336. The summed E-state index contributed by atoms with van der Waals surface area (Å²) in [4.78, 5) is 2.46. The van der Waals surface area contributed by atoms with Gasteiger partial charge in [-0.2, -0.15) is 0 Å². The fourth-order valence-electron chi connectivity index (χ4n) is 8.05. The van der Waals surface area contributed by atoms with Crippen molar-refractivity contribution in [1.29, 1.82) is 0 Å². The van der Waals surface area contributed by atoms with E-state index in [0.717, 1.165) is 38.7 Å². The van der Waals surface area contributed by atoms with Gasteiger partial charge in [0.25, 0.3) is 0 Å². The molecular formula is C49H31IN2O. The maximum Gasteiger partial charge on any atom is 0.159 e. The van der Waals surface area contributed by atoms with Crippen molar-refractivity contribution in [3.63, 3.8) is 0 Å². The van der Waals surface area contributed by atoms with Gasteiger partial charge in [-0.3, -0.25) is 0 Å². The molecule has 3 nitrogen and oxygen atoms in total. The summed E-state index contributed by atoms with van der Waals surface area (Å²) in [5, 5.41) is 4.72. The molecule has 0 saturated carbocycles. The molecule has 0 atom stereocenters. The van der Waals surface area contributed by atoms with Crippen LogP contribution in [0.15, 0.2) is 192 Å². The van der Waals surface area contributed by atoms with Crippen LogP contribution in [0, 0.1) is 3.57 Å². The summed E-state index contributed by atoms with van der Waals surface area (Å²) < 4.78 is 12.1. The van der Waals surface area contributed by atoms with Gasteiger partial charge in [0.1, 0.15) is 5.58 Å². The molecule has 8 aromatic carbocycles. The summed E-state index contributed by atoms with van der Waals surface area (Å²) in [6.45, 7) is 0. The van der Waals surface area contributed by atoms with Gasteiger partial charge in [-0.05, 0) is 76.9 Å². The van der Waals surface area contributed by atoms with E-state index in [2.05, 4.69) is 198 Å². The summed E-state index contributed by atoms with van der Waals surface area (Å²) in [5.41, 5.74) is 13.7. The third kappa shape index (κ3) is 4.83. The highest BCUT2D eigenvalue weighted by Gasteiger charge is 2.25. The predicted molar refractivity (Wildman–Crippen MR) is 231 cm³/mol. The Bertz CT molecular complexity index is 3050. The van der Waals surface area contributed by atoms with E-state index in [0.29, 0.717) is 0 Å². The third-order valence-electron chi connectivity index (χ3n) is 10.5. The highest BCUT2D eigenvalue weighted by molar-refractivity contribution is 14.2. The zero-order chi connectivity index (χ0) is 34.9. The molecule has 0 saturated heterocycles. The number of halogens is 1. The first kappa shape index (κ1) is 30.4. The molecule has 53 heavy (non-hydrogen) atoms. The lowest BCUT2D eigenvalue weighted by atomic mass is 9.98. The molecule has 0 bridgehead atoms. The second kappa shape index (κ2) is 12.2. The van der Waals surface area contributed by atoms with Gasteiger partial charge in [0.05, 0.1) is 26.0 Å². The number of rotatable bonds is 5. The number of hydrogen-bond acceptors (Lipinski definition) is 2. The minimum Gasteiger partial charge on any atom is -0.454 e. The van der Waals surface area contributed by atoms with Crippen molar-refractivity contribution in [3.05, 3.63) is 197 Å². The van der Waals surface area contributed by atoms with E-state index in [1.54, 1.807) is 0 Å². The molecule has 0 N–H and O–H groups in total. The van der Waals surface area contributed by atoms with Gasteiger partial charge in [-0.1, -0.05) is 154 Å². The Morgan fingerprint density at radius 3 is 1.96 bits per heavy atom. The second-order valence-corrected chi connectivity index (χ2v) is 16.2. The van der Waals surface area contributed by atoms with Crippen molar-refractivity contribution in [3.8, 4) is 27.9 Å². The van der Waals surface area contributed by atoms with Crippen molar-refractivity contribution >= 4 is 79.5 Å². The van der Waals surface area contributed by atoms with E-state index in [-0.39, 0.29) is 20.7 Å². The minimum atomic E-state index is -0.336. The van der Waals surface area contributed by atoms with Crippen LogP contribution in [0.4, 0.5) is 11.4 Å². The molecule has 0 spiro atoms. The lowest BCUT2D eigenvalue weighted by Crippen LogP contribution is -2.22. The van der Waals surface area contributed by atoms with E-state index < -0.39 is 0 Å². The molecule has 1 aliphatic heterocycles. The lowest BCUT2D eigenvalue weighted by molar-refractivity contribution is 0.666. The topological polar surface area (TPSA) is 21.3 Å². The maximum atomic E-state index is 6.84. The first-order valence-electron chi connectivity index (χ1n) is 17.9. The summed E-state index contributed by atoms with van der Waals surface area (Å²) in [6.07, 6.45) is 0. The zero-order valence-corrected chi connectivity index (χ0v) is 30.7. The van der Waals surface area contributed by atoms with E-state index in [1.807, 2.05) is 0 Å². The van der Waals surface area contributed by atoms with Crippen LogP contribution < -0.4 is 4.90 Å². The number of benzene rings is 8. The highest BCUT2D eigenvalue weighted by Crippen LogP contribution is 2.44. The quantitative estimate of drug-likeness (QED) is 0.162. The van der Waals surface area contributed by atoms with Crippen LogP contribution in [0.5, 0.6) is 0 Å². The molecule has 0 aliphatic carbocycles. The van der Waals surface area contributed by atoms with Gasteiger partial charge < -0.3 is 13.9 Å². The summed E-state index contributed by atoms with van der Waals surface area (Å²) in [6, 6.07) is 67.9. The summed E-state index contributed by atoms with van der Waals surface area (Å²) in [7, 11) is 0. The smallest absolute Gasteiger partial charge is 0.159 e. The SMILES string of the molecule is c1ccc(-c2ccc3c(c2)c2ccccc2n3-c2cccc3c2oc2cccc(-c4ccc(C5=Ic6ccccc6N5c5ccccc5)cc4)c23)cc1. The first-order valence-corrected chi connectivity index (χ1v) is 20.1. The van der Waals surface area contributed by atoms with Crippen LogP contribution in [0.1, 0.15) is 5.56 Å². The second-order valence-electron chi connectivity index (χ2n) is 13.5. The molecule has 2 aromatic heterocycles. The number of nitrogens with zero attached hydrogens (tertiary/aromatic N) is 2. The van der Waals surface area contributed by atoms with Crippen molar-refractivity contribution < 1.29 is 4.42 Å². The molecular weight excluding hydrogens is 759 g/mol. The van der Waals surface area contributed by atoms with Crippen LogP contribution >= 0.6 is 20.7 Å². The number of para-hydroxylation sites is 4. The number of aromatic nitrogens is 1. The van der Waals surface area contributed by atoms with Crippen molar-refractivity contribution in [2.75, 3.05) is 4.90 Å². The van der Waals surface area contributed by atoms with E-state index in [1.165, 1.54) is 57.2 Å². The van der Waals surface area contributed by atoms with Crippen molar-refractivity contribution in [1.82, 2.24) is 4.57 Å². The van der Waals surface area contributed by atoms with Crippen LogP contribution in [-0.2, 0) is 0 Å². The lowest BCUT2D eigenvalue weighted by Gasteiger charge is -2.23. The standard InChI is InChI=1S/C49H31IN2O/c1-3-13-32(14-4-1)35-29-30-43-40(31-35)38-17-7-9-21-42(38)52(43)45-23-11-19-39-47-37(18-12-24-46(47)53-48(39)45)33-25-27-34(28-26-33)49-50-41-20-8-10-22-44(41)51(49)36-15-5-2-6-16-36/h1-31H. The van der Waals surface area contributed by atoms with Gasteiger partial charge in [0.2, 0.25) is 0 Å². The normalized spacial score (nSPS) is 12.8. The molecule has 1 aliphatic rings. The monoisotopic (exact) mass is 790 g/mol. The largest absolute Gasteiger partial charge is 0.454 e. The highest BCUT2D eigenvalue weighted by atomic mass is 127. The molecule has 3 heterocycles. The molecule has 0 unspecified atom stereocenters. The Labute approximate surface area is 316 Å². The van der Waals surface area contributed by atoms with E-state index in [9.17, 15) is 0 Å². The molecule has 0 radical (unpaired) electrons. The van der Waals surface area contributed by atoms with Gasteiger partial charge in [0.15, 0.2) is 5.58 Å².